The molecule has 1 aromatic carbocycles. The van der Waals surface area contributed by atoms with Crippen molar-refractivity contribution in [2.75, 3.05) is 0 Å². The van der Waals surface area contributed by atoms with Crippen molar-refractivity contribution in [1.29, 1.82) is 0 Å². The predicted octanol–water partition coefficient (Wildman–Crippen LogP) is 2.86. The van der Waals surface area contributed by atoms with Crippen LogP contribution in [0.25, 0.3) is 0 Å². The topological polar surface area (TPSA) is 54.5 Å². The number of aldehydes is 1. The molecular formula is C15H18ClNO3S. The molecule has 2 aliphatic rings. The number of nitrogens with zero attached hydrogens (tertiary/aromatic N) is 1. The Kier molecular flexibility index (Phi) is 4.08. The van der Waals surface area contributed by atoms with Crippen molar-refractivity contribution >= 4 is 27.9 Å². The summed E-state index contributed by atoms with van der Waals surface area (Å²) < 4.78 is 27.3. The number of sulfonamides is 1. The van der Waals surface area contributed by atoms with Crippen LogP contribution in [-0.2, 0) is 14.8 Å². The van der Waals surface area contributed by atoms with E-state index in [4.69, 9.17) is 11.6 Å². The third-order valence-electron chi connectivity index (χ3n) is 4.37. The van der Waals surface area contributed by atoms with Gasteiger partial charge in [0.2, 0.25) is 10.0 Å². The lowest BCUT2D eigenvalue weighted by molar-refractivity contribution is -0.112. The van der Waals surface area contributed by atoms with Gasteiger partial charge in [-0.3, -0.25) is 0 Å². The highest BCUT2D eigenvalue weighted by atomic mass is 35.5. The van der Waals surface area contributed by atoms with Crippen molar-refractivity contribution in [3.05, 3.63) is 29.3 Å². The second-order valence-corrected chi connectivity index (χ2v) is 8.11. The largest absolute Gasteiger partial charge is 0.302 e. The summed E-state index contributed by atoms with van der Waals surface area (Å²) in [5.41, 5.74) is 0. The van der Waals surface area contributed by atoms with Crippen molar-refractivity contribution in [2.45, 2.75) is 49.1 Å². The number of carbonyl (C=O) groups excluding carboxylic acids is 1. The number of carbonyl (C=O) groups is 1. The van der Waals surface area contributed by atoms with Crippen molar-refractivity contribution in [3.8, 4) is 0 Å². The summed E-state index contributed by atoms with van der Waals surface area (Å²) in [7, 11) is -3.65. The lowest BCUT2D eigenvalue weighted by Crippen LogP contribution is -2.51. The molecule has 1 aliphatic carbocycles. The van der Waals surface area contributed by atoms with Crippen molar-refractivity contribution in [1.82, 2.24) is 4.31 Å². The predicted molar refractivity (Wildman–Crippen MR) is 80.7 cm³/mol. The van der Waals surface area contributed by atoms with Gasteiger partial charge in [0, 0.05) is 11.1 Å². The summed E-state index contributed by atoms with van der Waals surface area (Å²) in [5, 5.41) is 0.498. The Hall–Kier alpha value is -0.910. The first-order valence-electron chi connectivity index (χ1n) is 7.28. The van der Waals surface area contributed by atoms with Gasteiger partial charge < -0.3 is 4.79 Å². The molecule has 1 saturated heterocycles. The zero-order valence-electron chi connectivity index (χ0n) is 11.6. The van der Waals surface area contributed by atoms with Crippen molar-refractivity contribution < 1.29 is 13.2 Å². The molecule has 21 heavy (non-hydrogen) atoms. The second-order valence-electron chi connectivity index (χ2n) is 5.83. The molecule has 1 aromatic rings. The van der Waals surface area contributed by atoms with E-state index in [9.17, 15) is 13.2 Å². The van der Waals surface area contributed by atoms with E-state index in [2.05, 4.69) is 0 Å². The Labute approximate surface area is 130 Å². The van der Waals surface area contributed by atoms with Crippen LogP contribution >= 0.6 is 11.6 Å². The van der Waals surface area contributed by atoms with Gasteiger partial charge in [-0.2, -0.15) is 4.31 Å². The van der Waals surface area contributed by atoms with E-state index in [0.29, 0.717) is 17.4 Å². The van der Waals surface area contributed by atoms with E-state index in [1.807, 2.05) is 0 Å². The molecule has 0 amide bonds. The van der Waals surface area contributed by atoms with Gasteiger partial charge in [-0.05, 0) is 62.3 Å². The van der Waals surface area contributed by atoms with Crippen LogP contribution in [0.4, 0.5) is 0 Å². The molecule has 6 heteroatoms. The maximum atomic E-state index is 12.9. The summed E-state index contributed by atoms with van der Waals surface area (Å²) in [5.74, 6) is 0.412. The maximum absolute atomic E-state index is 12.9. The molecule has 2 fully saturated rings. The van der Waals surface area contributed by atoms with E-state index in [1.54, 1.807) is 12.1 Å². The molecule has 1 saturated carbocycles. The Morgan fingerprint density at radius 2 is 1.76 bits per heavy atom. The van der Waals surface area contributed by atoms with E-state index in [0.717, 1.165) is 32.0 Å². The van der Waals surface area contributed by atoms with Crippen LogP contribution in [0.2, 0.25) is 5.02 Å². The van der Waals surface area contributed by atoms with Gasteiger partial charge in [-0.25, -0.2) is 8.42 Å². The lowest BCUT2D eigenvalue weighted by atomic mass is 9.96. The minimum atomic E-state index is -3.65. The lowest BCUT2D eigenvalue weighted by Gasteiger charge is -2.38. The third kappa shape index (κ3) is 2.87. The quantitative estimate of drug-likeness (QED) is 0.799. The monoisotopic (exact) mass is 327 g/mol. The van der Waals surface area contributed by atoms with E-state index in [-0.39, 0.29) is 10.9 Å². The molecule has 2 atom stereocenters. The van der Waals surface area contributed by atoms with Gasteiger partial charge in [0.15, 0.2) is 0 Å². The smallest absolute Gasteiger partial charge is 0.243 e. The Morgan fingerprint density at radius 1 is 1.10 bits per heavy atom. The highest BCUT2D eigenvalue weighted by molar-refractivity contribution is 7.89. The number of hydrogen-bond donors (Lipinski definition) is 0. The third-order valence-corrected chi connectivity index (χ3v) is 6.58. The summed E-state index contributed by atoms with van der Waals surface area (Å²) in [6.07, 6.45) is 5.27. The molecule has 0 aromatic heterocycles. The molecule has 0 radical (unpaired) electrons. The van der Waals surface area contributed by atoms with Crippen LogP contribution in [-0.4, -0.2) is 31.1 Å². The Morgan fingerprint density at radius 3 is 2.33 bits per heavy atom. The average Bonchev–Trinajstić information content (AvgIpc) is 3.31. The van der Waals surface area contributed by atoms with Gasteiger partial charge in [0.1, 0.15) is 6.29 Å². The van der Waals surface area contributed by atoms with Gasteiger partial charge >= 0.3 is 0 Å². The van der Waals surface area contributed by atoms with E-state index >= 15 is 0 Å². The van der Waals surface area contributed by atoms with Gasteiger partial charge in [0.05, 0.1) is 10.9 Å². The molecule has 114 valence electrons. The zero-order chi connectivity index (χ0) is 15.0. The van der Waals surface area contributed by atoms with Crippen LogP contribution in [0.5, 0.6) is 0 Å². The molecule has 1 heterocycles. The molecule has 3 rings (SSSR count). The SMILES string of the molecule is O=C[C@@H]1CCC[C@H](C2CC2)N1S(=O)(=O)c1ccc(Cl)cc1. The molecule has 0 spiro atoms. The zero-order valence-corrected chi connectivity index (χ0v) is 13.2. The molecular weight excluding hydrogens is 310 g/mol. The fourth-order valence-corrected chi connectivity index (χ4v) is 5.17. The number of halogens is 1. The van der Waals surface area contributed by atoms with Crippen LogP contribution < -0.4 is 0 Å². The van der Waals surface area contributed by atoms with Gasteiger partial charge in [-0.1, -0.05) is 11.6 Å². The molecule has 0 bridgehead atoms. The first-order valence-corrected chi connectivity index (χ1v) is 9.10. The molecule has 0 unspecified atom stereocenters. The Balaban J connectivity index is 1.99. The first-order chi connectivity index (χ1) is 10.0. The van der Waals surface area contributed by atoms with Gasteiger partial charge in [0.25, 0.3) is 0 Å². The van der Waals surface area contributed by atoms with Gasteiger partial charge in [-0.15, -0.1) is 0 Å². The minimum Gasteiger partial charge on any atom is -0.302 e. The molecule has 4 nitrogen and oxygen atoms in total. The first kappa shape index (κ1) is 15.0. The second kappa shape index (κ2) is 5.71. The summed E-state index contributed by atoms with van der Waals surface area (Å²) in [6, 6.07) is 5.59. The summed E-state index contributed by atoms with van der Waals surface area (Å²) in [6.45, 7) is 0. The van der Waals surface area contributed by atoms with Crippen molar-refractivity contribution in [3.63, 3.8) is 0 Å². The van der Waals surface area contributed by atoms with Crippen LogP contribution in [0.15, 0.2) is 29.2 Å². The van der Waals surface area contributed by atoms with E-state index < -0.39 is 16.1 Å². The number of piperidine rings is 1. The highest BCUT2D eigenvalue weighted by Crippen LogP contribution is 2.43. The van der Waals surface area contributed by atoms with Crippen LogP contribution in [0.1, 0.15) is 32.1 Å². The average molecular weight is 328 g/mol. The molecule has 1 aliphatic heterocycles. The van der Waals surface area contributed by atoms with Crippen LogP contribution in [0.3, 0.4) is 0 Å². The fourth-order valence-electron chi connectivity index (χ4n) is 3.17. The number of hydrogen-bond acceptors (Lipinski definition) is 3. The summed E-state index contributed by atoms with van der Waals surface area (Å²) >= 11 is 5.83. The minimum absolute atomic E-state index is 0.0328. The normalized spacial score (nSPS) is 27.5. The van der Waals surface area contributed by atoms with E-state index in [1.165, 1.54) is 16.4 Å². The number of rotatable bonds is 4. The maximum Gasteiger partial charge on any atom is 0.243 e. The standard InChI is InChI=1S/C15H18ClNO3S/c16-12-6-8-14(9-7-12)21(19,20)17-13(10-18)2-1-3-15(17)11-4-5-11/h6-11,13,15H,1-5H2/t13-,15+/m0/s1. The summed E-state index contributed by atoms with van der Waals surface area (Å²) in [4.78, 5) is 11.6. The fraction of sp³-hybridized carbons (Fsp3) is 0.533. The Bertz CT molecular complexity index is 625. The highest BCUT2D eigenvalue weighted by Gasteiger charge is 2.46. The molecule has 0 N–H and O–H groups in total. The van der Waals surface area contributed by atoms with Crippen molar-refractivity contribution in [2.24, 2.45) is 5.92 Å². The number of benzene rings is 1. The van der Waals surface area contributed by atoms with Crippen LogP contribution in [0, 0.1) is 5.92 Å².